The summed E-state index contributed by atoms with van der Waals surface area (Å²) < 4.78 is 61.3. The van der Waals surface area contributed by atoms with Gasteiger partial charge in [0.2, 0.25) is 0 Å². The SMILES string of the molecule is Cn1c(-c2c(F)cc(Cl)cc2F)c(NC(=O)c2ccc(OC(F)F)cc2)c(=O)n1-c1cccc(C(C)(C)O)n1. The van der Waals surface area contributed by atoms with Crippen LogP contribution in [0.25, 0.3) is 17.1 Å². The highest BCUT2D eigenvalue weighted by Gasteiger charge is 2.28. The van der Waals surface area contributed by atoms with E-state index in [2.05, 4.69) is 15.0 Å². The van der Waals surface area contributed by atoms with Gasteiger partial charge in [-0.3, -0.25) is 14.3 Å². The van der Waals surface area contributed by atoms with E-state index in [1.54, 1.807) is 0 Å². The molecule has 8 nitrogen and oxygen atoms in total. The van der Waals surface area contributed by atoms with Gasteiger partial charge in [0.05, 0.1) is 11.3 Å². The van der Waals surface area contributed by atoms with Gasteiger partial charge in [-0.15, -0.1) is 0 Å². The van der Waals surface area contributed by atoms with Crippen LogP contribution in [0.5, 0.6) is 5.75 Å². The number of nitrogens with zero attached hydrogens (tertiary/aromatic N) is 3. The predicted molar refractivity (Wildman–Crippen MR) is 135 cm³/mol. The molecule has 0 saturated heterocycles. The van der Waals surface area contributed by atoms with Gasteiger partial charge in [-0.25, -0.2) is 13.8 Å². The molecule has 13 heteroatoms. The van der Waals surface area contributed by atoms with Gasteiger partial charge in [-0.1, -0.05) is 17.7 Å². The Morgan fingerprint density at radius 3 is 2.28 bits per heavy atom. The molecule has 1 amide bonds. The molecule has 2 aromatic carbocycles. The quantitative estimate of drug-likeness (QED) is 0.299. The number of aromatic nitrogens is 3. The smallest absolute Gasteiger partial charge is 0.387 e. The van der Waals surface area contributed by atoms with E-state index in [-0.39, 0.29) is 33.5 Å². The molecule has 4 rings (SSSR count). The van der Waals surface area contributed by atoms with Crippen LogP contribution in [0.15, 0.2) is 59.4 Å². The van der Waals surface area contributed by atoms with Crippen molar-refractivity contribution >= 4 is 23.2 Å². The third kappa shape index (κ3) is 5.66. The van der Waals surface area contributed by atoms with Crippen molar-refractivity contribution < 1.29 is 32.2 Å². The topological polar surface area (TPSA) is 98.4 Å². The van der Waals surface area contributed by atoms with Crippen LogP contribution < -0.4 is 15.6 Å². The van der Waals surface area contributed by atoms with Gasteiger partial charge in [-0.05, 0) is 62.4 Å². The largest absolute Gasteiger partial charge is 0.435 e. The molecule has 0 unspecified atom stereocenters. The van der Waals surface area contributed by atoms with Crippen LogP contribution in [-0.4, -0.2) is 32.0 Å². The summed E-state index contributed by atoms with van der Waals surface area (Å²) >= 11 is 5.78. The van der Waals surface area contributed by atoms with Gasteiger partial charge in [0.1, 0.15) is 34.4 Å². The van der Waals surface area contributed by atoms with Crippen LogP contribution in [0, 0.1) is 11.6 Å². The van der Waals surface area contributed by atoms with Crippen molar-refractivity contribution in [2.45, 2.75) is 26.1 Å². The number of aliphatic hydroxyl groups is 1. The molecule has 0 aliphatic heterocycles. The fourth-order valence-corrected chi connectivity index (χ4v) is 4.08. The summed E-state index contributed by atoms with van der Waals surface area (Å²) in [4.78, 5) is 31.0. The van der Waals surface area contributed by atoms with Gasteiger partial charge in [0.15, 0.2) is 5.82 Å². The minimum Gasteiger partial charge on any atom is -0.435 e. The van der Waals surface area contributed by atoms with E-state index in [4.69, 9.17) is 11.6 Å². The molecule has 0 radical (unpaired) electrons. The maximum Gasteiger partial charge on any atom is 0.387 e. The number of halogens is 5. The Hall–Kier alpha value is -4.16. The lowest BCUT2D eigenvalue weighted by molar-refractivity contribution is -0.0498. The second-order valence-electron chi connectivity index (χ2n) is 8.91. The predicted octanol–water partition coefficient (Wildman–Crippen LogP) is 5.25. The number of benzene rings is 2. The molecule has 0 spiro atoms. The molecule has 39 heavy (non-hydrogen) atoms. The highest BCUT2D eigenvalue weighted by atomic mass is 35.5. The molecule has 2 N–H and O–H groups in total. The fourth-order valence-electron chi connectivity index (χ4n) is 3.89. The Bertz CT molecular complexity index is 1590. The van der Waals surface area contributed by atoms with E-state index >= 15 is 8.78 Å². The summed E-state index contributed by atoms with van der Waals surface area (Å²) in [5.74, 6) is -3.29. The van der Waals surface area contributed by atoms with Crippen LogP contribution in [0.3, 0.4) is 0 Å². The molecule has 0 atom stereocenters. The van der Waals surface area contributed by atoms with E-state index in [1.807, 2.05) is 0 Å². The molecule has 0 saturated carbocycles. The maximum absolute atomic E-state index is 15.0. The van der Waals surface area contributed by atoms with Gasteiger partial charge in [0.25, 0.3) is 11.5 Å². The van der Waals surface area contributed by atoms with Crippen molar-refractivity contribution in [2.24, 2.45) is 7.05 Å². The van der Waals surface area contributed by atoms with Crippen LogP contribution in [0.1, 0.15) is 29.9 Å². The second kappa shape index (κ2) is 10.5. The first-order valence-corrected chi connectivity index (χ1v) is 11.7. The number of carbonyl (C=O) groups is 1. The summed E-state index contributed by atoms with van der Waals surface area (Å²) in [6.07, 6.45) is 0. The van der Waals surface area contributed by atoms with E-state index in [9.17, 15) is 23.5 Å². The van der Waals surface area contributed by atoms with Crippen molar-refractivity contribution in [2.75, 3.05) is 5.32 Å². The number of ether oxygens (including phenoxy) is 1. The minimum atomic E-state index is -3.07. The summed E-state index contributed by atoms with van der Waals surface area (Å²) in [7, 11) is 1.33. The van der Waals surface area contributed by atoms with Crippen LogP contribution >= 0.6 is 11.6 Å². The Kier molecular flexibility index (Phi) is 7.53. The lowest BCUT2D eigenvalue weighted by Gasteiger charge is -2.18. The standard InChI is InChI=1S/C26H21ClF4N4O4/c1-26(2,38)18-5-4-6-19(32-18)35-24(37)21(22(34(35)3)20-16(28)11-14(27)12-17(20)29)33-23(36)13-7-9-15(10-8-13)39-25(30)31/h4-12,25,38H,1-3H3,(H,33,36). The number of hydrogen-bond acceptors (Lipinski definition) is 5. The monoisotopic (exact) mass is 564 g/mol. The molecule has 0 aliphatic carbocycles. The van der Waals surface area contributed by atoms with Gasteiger partial charge in [-0.2, -0.15) is 13.5 Å². The summed E-state index contributed by atoms with van der Waals surface area (Å²) in [6, 6.07) is 10.8. The minimum absolute atomic E-state index is 0.00726. The van der Waals surface area contributed by atoms with Crippen LogP contribution in [-0.2, 0) is 12.6 Å². The molecular weight excluding hydrogens is 544 g/mol. The number of hydrogen-bond donors (Lipinski definition) is 2. The Labute approximate surface area is 224 Å². The second-order valence-corrected chi connectivity index (χ2v) is 9.34. The van der Waals surface area contributed by atoms with Crippen molar-refractivity contribution in [1.29, 1.82) is 0 Å². The average Bonchev–Trinajstić information content (AvgIpc) is 3.07. The first kappa shape index (κ1) is 27.9. The number of amides is 1. The lowest BCUT2D eigenvalue weighted by Crippen LogP contribution is -2.25. The summed E-state index contributed by atoms with van der Waals surface area (Å²) in [6.45, 7) is -0.0946. The third-order valence-electron chi connectivity index (χ3n) is 5.67. The Morgan fingerprint density at radius 2 is 1.72 bits per heavy atom. The number of rotatable bonds is 7. The molecule has 2 heterocycles. The van der Waals surface area contributed by atoms with E-state index in [0.717, 1.165) is 33.6 Å². The van der Waals surface area contributed by atoms with Crippen molar-refractivity contribution in [1.82, 2.24) is 14.3 Å². The van der Waals surface area contributed by atoms with Crippen LogP contribution in [0.4, 0.5) is 23.2 Å². The van der Waals surface area contributed by atoms with Crippen molar-refractivity contribution in [3.8, 4) is 22.8 Å². The van der Waals surface area contributed by atoms with E-state index in [0.29, 0.717) is 0 Å². The zero-order chi connectivity index (χ0) is 28.6. The first-order chi connectivity index (χ1) is 18.3. The normalized spacial score (nSPS) is 11.6. The first-order valence-electron chi connectivity index (χ1n) is 11.3. The number of nitrogens with one attached hydrogen (secondary N) is 1. The molecule has 4 aromatic rings. The molecule has 0 bridgehead atoms. The van der Waals surface area contributed by atoms with E-state index < -0.39 is 46.6 Å². The van der Waals surface area contributed by atoms with Crippen LogP contribution in [0.2, 0.25) is 5.02 Å². The van der Waals surface area contributed by atoms with Gasteiger partial charge in [0, 0.05) is 17.6 Å². The van der Waals surface area contributed by atoms with Gasteiger partial charge >= 0.3 is 6.61 Å². The summed E-state index contributed by atoms with van der Waals surface area (Å²) in [5, 5.41) is 12.5. The molecule has 204 valence electrons. The molecule has 0 aliphatic rings. The summed E-state index contributed by atoms with van der Waals surface area (Å²) in [5.41, 5.74) is -3.61. The maximum atomic E-state index is 15.0. The Balaban J connectivity index is 1.89. The van der Waals surface area contributed by atoms with Crippen molar-refractivity contribution in [3.63, 3.8) is 0 Å². The van der Waals surface area contributed by atoms with E-state index in [1.165, 1.54) is 51.2 Å². The Morgan fingerprint density at radius 1 is 1.10 bits per heavy atom. The number of pyridine rings is 1. The number of alkyl halides is 2. The number of anilines is 1. The fraction of sp³-hybridized carbons (Fsp3) is 0.192. The molecule has 0 fully saturated rings. The third-order valence-corrected chi connectivity index (χ3v) is 5.89. The number of carbonyl (C=O) groups excluding carboxylic acids is 1. The lowest BCUT2D eigenvalue weighted by atomic mass is 10.1. The average molecular weight is 565 g/mol. The molecular formula is C26H21ClF4N4O4. The highest BCUT2D eigenvalue weighted by molar-refractivity contribution is 6.30. The van der Waals surface area contributed by atoms with Crippen molar-refractivity contribution in [3.05, 3.63) is 92.9 Å². The zero-order valence-corrected chi connectivity index (χ0v) is 21.4. The zero-order valence-electron chi connectivity index (χ0n) is 20.7. The van der Waals surface area contributed by atoms with Gasteiger partial charge < -0.3 is 15.2 Å². The highest BCUT2D eigenvalue weighted by Crippen LogP contribution is 2.34. The molecule has 2 aromatic heterocycles.